The molecule has 6 heteroatoms. The van der Waals surface area contributed by atoms with Gasteiger partial charge >= 0.3 is 6.61 Å². The molecule has 2 aromatic rings. The predicted octanol–water partition coefficient (Wildman–Crippen LogP) is 3.71. The van der Waals surface area contributed by atoms with Crippen molar-refractivity contribution in [3.63, 3.8) is 0 Å². The second-order valence-corrected chi connectivity index (χ2v) is 4.61. The number of nitrogens with zero attached hydrogens (tertiary/aromatic N) is 2. The summed E-state index contributed by atoms with van der Waals surface area (Å²) >= 11 is 0. The fourth-order valence-corrected chi connectivity index (χ4v) is 2.03. The van der Waals surface area contributed by atoms with Crippen molar-refractivity contribution in [2.75, 3.05) is 0 Å². The SMILES string of the molecule is CCn1ncc(/C=C/C(=O)c2cccc(OC(F)F)c2)c1C. The molecule has 0 amide bonds. The number of ketones is 1. The van der Waals surface area contributed by atoms with Gasteiger partial charge in [-0.05, 0) is 38.1 Å². The van der Waals surface area contributed by atoms with Gasteiger partial charge in [0.2, 0.25) is 0 Å². The van der Waals surface area contributed by atoms with Crippen molar-refractivity contribution < 1.29 is 18.3 Å². The van der Waals surface area contributed by atoms with Gasteiger partial charge in [0.25, 0.3) is 0 Å². The summed E-state index contributed by atoms with van der Waals surface area (Å²) in [5.74, 6) is -0.326. The first kappa shape index (κ1) is 15.9. The molecule has 1 heterocycles. The minimum absolute atomic E-state index is 0.0377. The summed E-state index contributed by atoms with van der Waals surface area (Å²) in [5, 5.41) is 4.18. The smallest absolute Gasteiger partial charge is 0.387 e. The monoisotopic (exact) mass is 306 g/mol. The molecule has 0 N–H and O–H groups in total. The van der Waals surface area contributed by atoms with Crippen molar-refractivity contribution in [1.82, 2.24) is 9.78 Å². The Bertz CT molecular complexity index is 693. The molecular weight excluding hydrogens is 290 g/mol. The Morgan fingerprint density at radius 1 is 1.45 bits per heavy atom. The van der Waals surface area contributed by atoms with E-state index in [9.17, 15) is 13.6 Å². The molecule has 0 spiro atoms. The highest BCUT2D eigenvalue weighted by Crippen LogP contribution is 2.17. The zero-order chi connectivity index (χ0) is 16.1. The lowest BCUT2D eigenvalue weighted by atomic mass is 10.1. The van der Waals surface area contributed by atoms with Gasteiger partial charge in [-0.15, -0.1) is 0 Å². The molecule has 0 bridgehead atoms. The highest BCUT2D eigenvalue weighted by atomic mass is 19.3. The van der Waals surface area contributed by atoms with Crippen LogP contribution in [0.25, 0.3) is 6.08 Å². The molecular formula is C16H16F2N2O2. The van der Waals surface area contributed by atoms with Crippen molar-refractivity contribution >= 4 is 11.9 Å². The average Bonchev–Trinajstić information content (AvgIpc) is 2.84. The van der Waals surface area contributed by atoms with Crippen LogP contribution in [0, 0.1) is 6.92 Å². The van der Waals surface area contributed by atoms with Gasteiger partial charge in [0.1, 0.15) is 5.75 Å². The Labute approximate surface area is 127 Å². The summed E-state index contributed by atoms with van der Waals surface area (Å²) in [5.41, 5.74) is 2.09. The highest BCUT2D eigenvalue weighted by molar-refractivity contribution is 6.07. The van der Waals surface area contributed by atoms with Crippen LogP contribution >= 0.6 is 0 Å². The first-order chi connectivity index (χ1) is 10.5. The molecule has 4 nitrogen and oxygen atoms in total. The van der Waals surface area contributed by atoms with Gasteiger partial charge < -0.3 is 4.74 Å². The third-order valence-electron chi connectivity index (χ3n) is 3.20. The van der Waals surface area contributed by atoms with E-state index in [1.807, 2.05) is 18.5 Å². The number of aryl methyl sites for hydroxylation is 1. The van der Waals surface area contributed by atoms with Crippen LogP contribution in [-0.4, -0.2) is 22.2 Å². The first-order valence-electron chi connectivity index (χ1n) is 6.81. The fourth-order valence-electron chi connectivity index (χ4n) is 2.03. The summed E-state index contributed by atoms with van der Waals surface area (Å²) < 4.78 is 30.4. The Hall–Kier alpha value is -2.50. The number of allylic oxidation sites excluding steroid dienone is 1. The molecule has 0 aliphatic rings. The minimum Gasteiger partial charge on any atom is -0.435 e. The number of carbonyl (C=O) groups is 1. The van der Waals surface area contributed by atoms with E-state index < -0.39 is 6.61 Å². The Kier molecular flexibility index (Phi) is 5.04. The standard InChI is InChI=1S/C16H16F2N2O2/c1-3-20-11(2)13(10-19-20)7-8-15(21)12-5-4-6-14(9-12)22-16(17)18/h4-10,16H,3H2,1-2H3/b8-7+. The van der Waals surface area contributed by atoms with E-state index in [2.05, 4.69) is 9.84 Å². The summed E-state index contributed by atoms with van der Waals surface area (Å²) in [6, 6.07) is 5.72. The van der Waals surface area contributed by atoms with Gasteiger partial charge in [0.05, 0.1) is 6.20 Å². The third kappa shape index (κ3) is 3.78. The van der Waals surface area contributed by atoms with Crippen molar-refractivity contribution in [3.05, 3.63) is 53.4 Å². The first-order valence-corrected chi connectivity index (χ1v) is 6.81. The van der Waals surface area contributed by atoms with E-state index in [0.29, 0.717) is 0 Å². The molecule has 0 aliphatic heterocycles. The van der Waals surface area contributed by atoms with E-state index in [-0.39, 0.29) is 17.1 Å². The van der Waals surface area contributed by atoms with Crippen LogP contribution in [0.5, 0.6) is 5.75 Å². The van der Waals surface area contributed by atoms with E-state index in [0.717, 1.165) is 17.8 Å². The Morgan fingerprint density at radius 3 is 2.86 bits per heavy atom. The van der Waals surface area contributed by atoms with Gasteiger partial charge in [-0.1, -0.05) is 12.1 Å². The maximum Gasteiger partial charge on any atom is 0.387 e. The topological polar surface area (TPSA) is 44.1 Å². The van der Waals surface area contributed by atoms with Gasteiger partial charge in [0.15, 0.2) is 5.78 Å². The van der Waals surface area contributed by atoms with Crippen LogP contribution < -0.4 is 4.74 Å². The summed E-state index contributed by atoms with van der Waals surface area (Å²) in [6.07, 6.45) is 4.74. The second kappa shape index (κ2) is 6.98. The van der Waals surface area contributed by atoms with E-state index in [1.54, 1.807) is 18.3 Å². The highest BCUT2D eigenvalue weighted by Gasteiger charge is 2.08. The number of rotatable bonds is 6. The number of ether oxygens (including phenoxy) is 1. The Morgan fingerprint density at radius 2 is 2.23 bits per heavy atom. The van der Waals surface area contributed by atoms with Crippen molar-refractivity contribution in [2.24, 2.45) is 0 Å². The Balaban J connectivity index is 2.14. The van der Waals surface area contributed by atoms with Crippen LogP contribution in [0.1, 0.15) is 28.5 Å². The van der Waals surface area contributed by atoms with E-state index >= 15 is 0 Å². The van der Waals surface area contributed by atoms with Crippen LogP contribution in [0.4, 0.5) is 8.78 Å². The number of alkyl halides is 2. The fraction of sp³-hybridized carbons (Fsp3) is 0.250. The molecule has 2 rings (SSSR count). The molecule has 0 saturated heterocycles. The maximum absolute atomic E-state index is 12.2. The van der Waals surface area contributed by atoms with Crippen LogP contribution in [0.3, 0.4) is 0 Å². The molecule has 116 valence electrons. The lowest BCUT2D eigenvalue weighted by Crippen LogP contribution is -2.03. The van der Waals surface area contributed by atoms with Crippen molar-refractivity contribution in [1.29, 1.82) is 0 Å². The lowest BCUT2D eigenvalue weighted by Gasteiger charge is -2.05. The zero-order valence-electron chi connectivity index (χ0n) is 12.3. The molecule has 0 fully saturated rings. The molecule has 0 atom stereocenters. The summed E-state index contributed by atoms with van der Waals surface area (Å²) in [6.45, 7) is 1.73. The minimum atomic E-state index is -2.91. The number of hydrogen-bond acceptors (Lipinski definition) is 3. The van der Waals surface area contributed by atoms with Crippen molar-refractivity contribution in [2.45, 2.75) is 27.0 Å². The molecule has 0 aliphatic carbocycles. The molecule has 0 saturated carbocycles. The average molecular weight is 306 g/mol. The number of benzene rings is 1. The number of aromatic nitrogens is 2. The predicted molar refractivity (Wildman–Crippen MR) is 79.1 cm³/mol. The maximum atomic E-state index is 12.2. The lowest BCUT2D eigenvalue weighted by molar-refractivity contribution is -0.0498. The quantitative estimate of drug-likeness (QED) is 0.603. The van der Waals surface area contributed by atoms with Gasteiger partial charge in [-0.3, -0.25) is 9.48 Å². The van der Waals surface area contributed by atoms with Crippen molar-refractivity contribution in [3.8, 4) is 5.75 Å². The molecule has 0 unspecified atom stereocenters. The second-order valence-electron chi connectivity index (χ2n) is 4.61. The normalized spacial score (nSPS) is 11.3. The van der Waals surface area contributed by atoms with Gasteiger partial charge in [-0.2, -0.15) is 13.9 Å². The number of halogens is 2. The van der Waals surface area contributed by atoms with E-state index in [4.69, 9.17) is 0 Å². The molecule has 22 heavy (non-hydrogen) atoms. The van der Waals surface area contributed by atoms with Gasteiger partial charge in [0, 0.05) is 23.4 Å². The number of hydrogen-bond donors (Lipinski definition) is 0. The van der Waals surface area contributed by atoms with Crippen LogP contribution in [0.2, 0.25) is 0 Å². The molecule has 1 aromatic heterocycles. The van der Waals surface area contributed by atoms with Gasteiger partial charge in [-0.25, -0.2) is 0 Å². The molecule has 0 radical (unpaired) electrons. The summed E-state index contributed by atoms with van der Waals surface area (Å²) in [7, 11) is 0. The van der Waals surface area contributed by atoms with Crippen LogP contribution in [-0.2, 0) is 6.54 Å². The third-order valence-corrected chi connectivity index (χ3v) is 3.20. The van der Waals surface area contributed by atoms with E-state index in [1.165, 1.54) is 24.3 Å². The summed E-state index contributed by atoms with van der Waals surface area (Å²) in [4.78, 5) is 12.1. The zero-order valence-corrected chi connectivity index (χ0v) is 12.3. The van der Waals surface area contributed by atoms with Crippen LogP contribution in [0.15, 0.2) is 36.5 Å². The number of carbonyl (C=O) groups excluding carboxylic acids is 1. The molecule has 1 aromatic carbocycles. The largest absolute Gasteiger partial charge is 0.435 e.